The number of carbonyl (C=O) groups excluding carboxylic acids is 1. The van der Waals surface area contributed by atoms with Gasteiger partial charge in [0.25, 0.3) is 5.91 Å². The maximum Gasteiger partial charge on any atom is 0.305 e. The van der Waals surface area contributed by atoms with Crippen molar-refractivity contribution in [3.8, 4) is 17.0 Å². The number of aliphatic carboxylic acids is 1. The van der Waals surface area contributed by atoms with E-state index >= 15 is 0 Å². The molecule has 0 saturated carbocycles. The summed E-state index contributed by atoms with van der Waals surface area (Å²) in [6.45, 7) is 6.41. The summed E-state index contributed by atoms with van der Waals surface area (Å²) < 4.78 is 5.46. The summed E-state index contributed by atoms with van der Waals surface area (Å²) >= 11 is 6.25. The average molecular weight is 467 g/mol. The number of halogens is 1. The summed E-state index contributed by atoms with van der Waals surface area (Å²) in [5, 5.41) is 12.5. The van der Waals surface area contributed by atoms with Crippen LogP contribution in [0.15, 0.2) is 60.7 Å². The molecule has 33 heavy (non-hydrogen) atoms. The fraction of sp³-hybridized carbons (Fsp3) is 0.269. The van der Waals surface area contributed by atoms with Gasteiger partial charge in [-0.05, 0) is 34.7 Å². The van der Waals surface area contributed by atoms with E-state index in [1.165, 1.54) is 5.56 Å². The van der Waals surface area contributed by atoms with Gasteiger partial charge in [0.2, 0.25) is 0 Å². The lowest BCUT2D eigenvalue weighted by atomic mass is 9.86. The SMILES string of the molecule is COc1ccc(C(=O)N[C@@H](CC(=O)O)c2ccccc2Cl)nc1-c1ccc(C(C)(C)C)cc1. The molecule has 6 nitrogen and oxygen atoms in total. The molecule has 0 unspecified atom stereocenters. The van der Waals surface area contributed by atoms with E-state index in [0.29, 0.717) is 22.0 Å². The Morgan fingerprint density at radius 1 is 1.06 bits per heavy atom. The van der Waals surface area contributed by atoms with Crippen LogP contribution in [0.1, 0.15) is 54.8 Å². The zero-order chi connectivity index (χ0) is 24.2. The van der Waals surface area contributed by atoms with Crippen molar-refractivity contribution in [1.82, 2.24) is 10.3 Å². The van der Waals surface area contributed by atoms with E-state index in [2.05, 4.69) is 31.1 Å². The summed E-state index contributed by atoms with van der Waals surface area (Å²) in [6, 6.07) is 17.2. The minimum absolute atomic E-state index is 0.00957. The Balaban J connectivity index is 1.93. The monoisotopic (exact) mass is 466 g/mol. The molecule has 2 aromatic carbocycles. The predicted molar refractivity (Wildman–Crippen MR) is 129 cm³/mol. The van der Waals surface area contributed by atoms with Crippen LogP contribution in [0.4, 0.5) is 0 Å². The van der Waals surface area contributed by atoms with Crippen molar-refractivity contribution in [1.29, 1.82) is 0 Å². The topological polar surface area (TPSA) is 88.5 Å². The lowest BCUT2D eigenvalue weighted by Gasteiger charge is -2.20. The Bertz CT molecular complexity index is 1150. The average Bonchev–Trinajstić information content (AvgIpc) is 2.77. The number of aromatic nitrogens is 1. The first-order valence-electron chi connectivity index (χ1n) is 10.5. The molecule has 172 valence electrons. The number of carboxylic acids is 1. The number of benzene rings is 2. The highest BCUT2D eigenvalue weighted by atomic mass is 35.5. The molecule has 3 aromatic rings. The summed E-state index contributed by atoms with van der Waals surface area (Å²) in [4.78, 5) is 29.0. The van der Waals surface area contributed by atoms with Crippen LogP contribution < -0.4 is 10.1 Å². The Morgan fingerprint density at radius 2 is 1.73 bits per heavy atom. The van der Waals surface area contributed by atoms with E-state index in [1.54, 1.807) is 43.5 Å². The number of nitrogens with one attached hydrogen (secondary N) is 1. The predicted octanol–water partition coefficient (Wildman–Crippen LogP) is 5.65. The molecule has 2 N–H and O–H groups in total. The number of rotatable bonds is 7. The molecule has 0 aliphatic heterocycles. The van der Waals surface area contributed by atoms with E-state index in [9.17, 15) is 14.7 Å². The van der Waals surface area contributed by atoms with Crippen molar-refractivity contribution in [2.75, 3.05) is 7.11 Å². The van der Waals surface area contributed by atoms with Gasteiger partial charge in [-0.1, -0.05) is 74.8 Å². The molecule has 0 aliphatic carbocycles. The van der Waals surface area contributed by atoms with Crippen LogP contribution in [0.3, 0.4) is 0 Å². The molecule has 0 radical (unpaired) electrons. The number of amides is 1. The zero-order valence-electron chi connectivity index (χ0n) is 19.1. The second-order valence-corrected chi connectivity index (χ2v) is 9.13. The summed E-state index contributed by atoms with van der Waals surface area (Å²) in [5.41, 5.74) is 3.20. The van der Waals surface area contributed by atoms with Gasteiger partial charge in [0, 0.05) is 10.6 Å². The lowest BCUT2D eigenvalue weighted by molar-refractivity contribution is -0.137. The minimum atomic E-state index is -1.05. The van der Waals surface area contributed by atoms with E-state index in [-0.39, 0.29) is 17.5 Å². The van der Waals surface area contributed by atoms with Crippen LogP contribution in [0.25, 0.3) is 11.3 Å². The molecule has 7 heteroatoms. The van der Waals surface area contributed by atoms with Crippen molar-refractivity contribution in [2.24, 2.45) is 0 Å². The molecular formula is C26H27ClN2O4. The normalized spacial score (nSPS) is 12.2. The lowest BCUT2D eigenvalue weighted by Crippen LogP contribution is -2.31. The second kappa shape index (κ2) is 10.0. The fourth-order valence-corrected chi connectivity index (χ4v) is 3.74. The van der Waals surface area contributed by atoms with Gasteiger partial charge < -0.3 is 15.2 Å². The van der Waals surface area contributed by atoms with Gasteiger partial charge in [-0.3, -0.25) is 9.59 Å². The van der Waals surface area contributed by atoms with Gasteiger partial charge in [-0.2, -0.15) is 0 Å². The van der Waals surface area contributed by atoms with Gasteiger partial charge in [0.15, 0.2) is 0 Å². The van der Waals surface area contributed by atoms with E-state index in [0.717, 1.165) is 5.56 Å². The standard InChI is InChI=1S/C26H27ClN2O4/c1-26(2,3)17-11-9-16(10-12-17)24-22(33-4)14-13-20(28-24)25(32)29-21(15-23(30)31)18-7-5-6-8-19(18)27/h5-14,21H,15H2,1-4H3,(H,29,32)(H,30,31)/t21-/m0/s1. The molecule has 0 saturated heterocycles. The Hall–Kier alpha value is -3.38. The molecule has 1 amide bonds. The largest absolute Gasteiger partial charge is 0.494 e. The number of hydrogen-bond acceptors (Lipinski definition) is 4. The van der Waals surface area contributed by atoms with Crippen molar-refractivity contribution >= 4 is 23.5 Å². The number of carboxylic acid groups (broad SMARTS) is 1. The van der Waals surface area contributed by atoms with Crippen molar-refractivity contribution in [2.45, 2.75) is 38.6 Å². The minimum Gasteiger partial charge on any atom is -0.494 e. The molecule has 1 aromatic heterocycles. The Kier molecular flexibility index (Phi) is 7.39. The van der Waals surface area contributed by atoms with Crippen LogP contribution in [-0.2, 0) is 10.2 Å². The number of methoxy groups -OCH3 is 1. The van der Waals surface area contributed by atoms with Gasteiger partial charge >= 0.3 is 5.97 Å². The Morgan fingerprint density at radius 3 is 2.30 bits per heavy atom. The highest BCUT2D eigenvalue weighted by Gasteiger charge is 2.23. The van der Waals surface area contributed by atoms with Crippen LogP contribution in [-0.4, -0.2) is 29.1 Å². The van der Waals surface area contributed by atoms with Gasteiger partial charge in [-0.15, -0.1) is 0 Å². The third-order valence-corrected chi connectivity index (χ3v) is 5.64. The van der Waals surface area contributed by atoms with Crippen molar-refractivity contribution in [3.63, 3.8) is 0 Å². The second-order valence-electron chi connectivity index (χ2n) is 8.72. The maximum absolute atomic E-state index is 13.0. The van der Waals surface area contributed by atoms with E-state index in [4.69, 9.17) is 16.3 Å². The summed E-state index contributed by atoms with van der Waals surface area (Å²) in [6.07, 6.45) is -0.313. The Labute approximate surface area is 198 Å². The van der Waals surface area contributed by atoms with Gasteiger partial charge in [-0.25, -0.2) is 4.98 Å². The van der Waals surface area contributed by atoms with Gasteiger partial charge in [0.05, 0.1) is 19.6 Å². The van der Waals surface area contributed by atoms with Crippen molar-refractivity contribution < 1.29 is 19.4 Å². The summed E-state index contributed by atoms with van der Waals surface area (Å²) in [7, 11) is 1.55. The van der Waals surface area contributed by atoms with E-state index in [1.807, 2.05) is 24.3 Å². The highest BCUT2D eigenvalue weighted by molar-refractivity contribution is 6.31. The number of carbonyl (C=O) groups is 2. The van der Waals surface area contributed by atoms with E-state index < -0.39 is 17.9 Å². The maximum atomic E-state index is 13.0. The van der Waals surface area contributed by atoms with Gasteiger partial charge in [0.1, 0.15) is 17.1 Å². The number of hydrogen-bond donors (Lipinski definition) is 2. The first kappa shape index (κ1) is 24.3. The quantitative estimate of drug-likeness (QED) is 0.469. The third kappa shape index (κ3) is 5.90. The number of ether oxygens (including phenoxy) is 1. The molecule has 0 spiro atoms. The molecule has 0 fully saturated rings. The van der Waals surface area contributed by atoms with Crippen LogP contribution >= 0.6 is 11.6 Å². The first-order chi connectivity index (χ1) is 15.6. The van der Waals surface area contributed by atoms with Crippen molar-refractivity contribution in [3.05, 3.63) is 82.5 Å². The molecular weight excluding hydrogens is 440 g/mol. The van der Waals surface area contributed by atoms with Crippen LogP contribution in [0.2, 0.25) is 5.02 Å². The molecule has 1 heterocycles. The third-order valence-electron chi connectivity index (χ3n) is 5.30. The molecule has 0 bridgehead atoms. The smallest absolute Gasteiger partial charge is 0.305 e. The number of pyridine rings is 1. The number of nitrogens with zero attached hydrogens (tertiary/aromatic N) is 1. The molecule has 0 aliphatic rings. The highest BCUT2D eigenvalue weighted by Crippen LogP contribution is 2.31. The van der Waals surface area contributed by atoms with Crippen LogP contribution in [0.5, 0.6) is 5.75 Å². The van der Waals surface area contributed by atoms with Crippen LogP contribution in [0, 0.1) is 0 Å². The fourth-order valence-electron chi connectivity index (χ4n) is 3.48. The molecule has 3 rings (SSSR count). The summed E-state index contributed by atoms with van der Waals surface area (Å²) in [5.74, 6) is -1.03. The molecule has 1 atom stereocenters. The first-order valence-corrected chi connectivity index (χ1v) is 10.9. The zero-order valence-corrected chi connectivity index (χ0v) is 19.8.